The lowest BCUT2D eigenvalue weighted by Gasteiger charge is -2.33. The molecule has 140 valence electrons. The standard InChI is InChI=1S/C21H17N3O3S/c22-19(25)18-13-24(16-10-4-5-11-17(16)27-18)21(26)15-9-6-12-23-20(15)28-14-7-2-1-3-8-14/h1-12,18H,13H2,(H2,22,25). The summed E-state index contributed by atoms with van der Waals surface area (Å²) >= 11 is 1.41. The number of para-hydroxylation sites is 2. The summed E-state index contributed by atoms with van der Waals surface area (Å²) in [7, 11) is 0. The molecule has 1 aliphatic heterocycles. The Bertz CT molecular complexity index is 1030. The Morgan fingerprint density at radius 3 is 2.57 bits per heavy atom. The summed E-state index contributed by atoms with van der Waals surface area (Å²) in [5.41, 5.74) is 6.50. The van der Waals surface area contributed by atoms with Crippen LogP contribution in [-0.4, -0.2) is 29.4 Å². The summed E-state index contributed by atoms with van der Waals surface area (Å²) in [6.45, 7) is 0.0511. The topological polar surface area (TPSA) is 85.5 Å². The van der Waals surface area contributed by atoms with E-state index in [9.17, 15) is 9.59 Å². The Kier molecular flexibility index (Phi) is 4.99. The van der Waals surface area contributed by atoms with Gasteiger partial charge < -0.3 is 15.4 Å². The average molecular weight is 391 g/mol. The molecule has 0 spiro atoms. The number of rotatable bonds is 4. The Morgan fingerprint density at radius 1 is 1.04 bits per heavy atom. The molecule has 1 unspecified atom stereocenters. The molecule has 2 amide bonds. The third-order valence-electron chi connectivity index (χ3n) is 4.30. The first-order valence-electron chi connectivity index (χ1n) is 8.68. The fourth-order valence-electron chi connectivity index (χ4n) is 2.96. The van der Waals surface area contributed by atoms with Crippen LogP contribution < -0.4 is 15.4 Å². The molecule has 0 aliphatic carbocycles. The third kappa shape index (κ3) is 3.57. The smallest absolute Gasteiger partial charge is 0.261 e. The summed E-state index contributed by atoms with van der Waals surface area (Å²) in [6.07, 6.45) is 0.752. The summed E-state index contributed by atoms with van der Waals surface area (Å²) in [4.78, 5) is 32.0. The van der Waals surface area contributed by atoms with Crippen molar-refractivity contribution in [3.8, 4) is 5.75 Å². The Morgan fingerprint density at radius 2 is 1.79 bits per heavy atom. The maximum atomic E-state index is 13.4. The highest BCUT2D eigenvalue weighted by atomic mass is 32.2. The predicted molar refractivity (Wildman–Crippen MR) is 107 cm³/mol. The predicted octanol–water partition coefficient (Wildman–Crippen LogP) is 3.13. The molecule has 0 fully saturated rings. The second-order valence-electron chi connectivity index (χ2n) is 6.16. The first kappa shape index (κ1) is 18.1. The van der Waals surface area contributed by atoms with Crippen molar-refractivity contribution in [3.05, 3.63) is 78.5 Å². The highest BCUT2D eigenvalue weighted by molar-refractivity contribution is 7.99. The van der Waals surface area contributed by atoms with Gasteiger partial charge in [-0.05, 0) is 36.4 Å². The highest BCUT2D eigenvalue weighted by Crippen LogP contribution is 2.36. The number of carbonyl (C=O) groups is 2. The SMILES string of the molecule is NC(=O)C1CN(C(=O)c2cccnc2Sc2ccccc2)c2ccccc2O1. The number of anilines is 1. The number of amides is 2. The van der Waals surface area contributed by atoms with Crippen molar-refractivity contribution in [3.63, 3.8) is 0 Å². The number of primary amides is 1. The molecular formula is C21H17N3O3S. The van der Waals surface area contributed by atoms with Crippen molar-refractivity contribution in [2.45, 2.75) is 16.0 Å². The number of pyridine rings is 1. The van der Waals surface area contributed by atoms with Crippen LogP contribution in [0.5, 0.6) is 5.75 Å². The van der Waals surface area contributed by atoms with E-state index < -0.39 is 12.0 Å². The van der Waals surface area contributed by atoms with Gasteiger partial charge in [-0.15, -0.1) is 0 Å². The highest BCUT2D eigenvalue weighted by Gasteiger charge is 2.34. The van der Waals surface area contributed by atoms with Crippen molar-refractivity contribution in [1.82, 2.24) is 4.98 Å². The lowest BCUT2D eigenvalue weighted by atomic mass is 10.1. The van der Waals surface area contributed by atoms with Crippen LogP contribution in [0.15, 0.2) is 82.8 Å². The van der Waals surface area contributed by atoms with Crippen LogP contribution in [0.1, 0.15) is 10.4 Å². The maximum Gasteiger partial charge on any atom is 0.261 e. The fourth-order valence-corrected chi connectivity index (χ4v) is 3.85. The van der Waals surface area contributed by atoms with E-state index in [0.29, 0.717) is 22.0 Å². The monoisotopic (exact) mass is 391 g/mol. The van der Waals surface area contributed by atoms with Gasteiger partial charge in [0.05, 0.1) is 17.8 Å². The van der Waals surface area contributed by atoms with Crippen LogP contribution in [0.3, 0.4) is 0 Å². The lowest BCUT2D eigenvalue weighted by molar-refractivity contribution is -0.124. The number of nitrogens with zero attached hydrogens (tertiary/aromatic N) is 2. The van der Waals surface area contributed by atoms with Gasteiger partial charge in [-0.3, -0.25) is 9.59 Å². The molecule has 1 atom stereocenters. The summed E-state index contributed by atoms with van der Waals surface area (Å²) in [6, 6.07) is 20.3. The molecule has 2 N–H and O–H groups in total. The van der Waals surface area contributed by atoms with Gasteiger partial charge in [0.2, 0.25) is 0 Å². The summed E-state index contributed by atoms with van der Waals surface area (Å²) in [5.74, 6) is -0.419. The summed E-state index contributed by atoms with van der Waals surface area (Å²) < 4.78 is 5.65. The molecule has 0 bridgehead atoms. The van der Waals surface area contributed by atoms with Crippen LogP contribution in [-0.2, 0) is 4.79 Å². The van der Waals surface area contributed by atoms with Crippen LogP contribution in [0.25, 0.3) is 0 Å². The zero-order chi connectivity index (χ0) is 19.5. The quantitative estimate of drug-likeness (QED) is 0.739. The number of ether oxygens (including phenoxy) is 1. The summed E-state index contributed by atoms with van der Waals surface area (Å²) in [5, 5.41) is 0.596. The van der Waals surface area contributed by atoms with E-state index >= 15 is 0 Å². The second-order valence-corrected chi connectivity index (χ2v) is 7.23. The molecular weight excluding hydrogens is 374 g/mol. The number of aromatic nitrogens is 1. The van der Waals surface area contributed by atoms with Crippen LogP contribution in [0, 0.1) is 0 Å². The molecule has 2 aromatic carbocycles. The fraction of sp³-hybridized carbons (Fsp3) is 0.0952. The number of hydrogen-bond donors (Lipinski definition) is 1. The molecule has 6 nitrogen and oxygen atoms in total. The first-order valence-corrected chi connectivity index (χ1v) is 9.50. The number of hydrogen-bond acceptors (Lipinski definition) is 5. The zero-order valence-corrected chi connectivity index (χ0v) is 15.6. The normalized spacial score (nSPS) is 15.4. The average Bonchev–Trinajstić information content (AvgIpc) is 2.73. The van der Waals surface area contributed by atoms with Gasteiger partial charge in [0.1, 0.15) is 10.8 Å². The van der Waals surface area contributed by atoms with E-state index in [4.69, 9.17) is 10.5 Å². The molecule has 28 heavy (non-hydrogen) atoms. The molecule has 0 saturated carbocycles. The van der Waals surface area contributed by atoms with E-state index in [1.807, 2.05) is 36.4 Å². The van der Waals surface area contributed by atoms with Crippen molar-refractivity contribution < 1.29 is 14.3 Å². The number of benzene rings is 2. The van der Waals surface area contributed by atoms with Crippen molar-refractivity contribution in [2.75, 3.05) is 11.4 Å². The van der Waals surface area contributed by atoms with Crippen molar-refractivity contribution in [2.24, 2.45) is 5.73 Å². The van der Waals surface area contributed by atoms with Gasteiger partial charge in [0, 0.05) is 11.1 Å². The van der Waals surface area contributed by atoms with Gasteiger partial charge in [-0.1, -0.05) is 42.1 Å². The third-order valence-corrected chi connectivity index (χ3v) is 5.32. The molecule has 4 rings (SSSR count). The zero-order valence-electron chi connectivity index (χ0n) is 14.8. The lowest BCUT2D eigenvalue weighted by Crippen LogP contribution is -2.49. The molecule has 0 saturated heterocycles. The van der Waals surface area contributed by atoms with Crippen molar-refractivity contribution >= 4 is 29.3 Å². The van der Waals surface area contributed by atoms with E-state index in [0.717, 1.165) is 4.90 Å². The molecule has 0 radical (unpaired) electrons. The van der Waals surface area contributed by atoms with E-state index in [2.05, 4.69) is 4.98 Å². The molecule has 2 heterocycles. The van der Waals surface area contributed by atoms with E-state index in [1.54, 1.807) is 36.5 Å². The van der Waals surface area contributed by atoms with Gasteiger partial charge in [0.25, 0.3) is 11.8 Å². The molecule has 1 aliphatic rings. The van der Waals surface area contributed by atoms with Gasteiger partial charge in [-0.2, -0.15) is 0 Å². The molecule has 3 aromatic rings. The van der Waals surface area contributed by atoms with Crippen molar-refractivity contribution in [1.29, 1.82) is 0 Å². The Labute approximate surface area is 166 Å². The number of nitrogens with two attached hydrogens (primary N) is 1. The van der Waals surface area contributed by atoms with E-state index in [-0.39, 0.29) is 12.5 Å². The Balaban J connectivity index is 1.71. The molecule has 1 aromatic heterocycles. The van der Waals surface area contributed by atoms with Crippen LogP contribution >= 0.6 is 11.8 Å². The maximum absolute atomic E-state index is 13.4. The van der Waals surface area contributed by atoms with Gasteiger partial charge >= 0.3 is 0 Å². The Hall–Kier alpha value is -3.32. The van der Waals surface area contributed by atoms with Gasteiger partial charge in [-0.25, -0.2) is 4.98 Å². The van der Waals surface area contributed by atoms with Crippen LogP contribution in [0.4, 0.5) is 5.69 Å². The minimum Gasteiger partial charge on any atom is -0.477 e. The largest absolute Gasteiger partial charge is 0.477 e. The first-order chi connectivity index (χ1) is 13.6. The minimum absolute atomic E-state index is 0.0511. The number of carbonyl (C=O) groups excluding carboxylic acids is 2. The van der Waals surface area contributed by atoms with E-state index in [1.165, 1.54) is 16.7 Å². The second kappa shape index (κ2) is 7.74. The minimum atomic E-state index is -0.902. The van der Waals surface area contributed by atoms with Gasteiger partial charge in [0.15, 0.2) is 6.10 Å². The van der Waals surface area contributed by atoms with Crippen LogP contribution in [0.2, 0.25) is 0 Å². The molecule has 7 heteroatoms. The number of fused-ring (bicyclic) bond motifs is 1.